The molecule has 0 aliphatic heterocycles. The van der Waals surface area contributed by atoms with Crippen LogP contribution in [0.2, 0.25) is 0 Å². The van der Waals surface area contributed by atoms with Gasteiger partial charge in [-0.25, -0.2) is 0 Å². The summed E-state index contributed by atoms with van der Waals surface area (Å²) in [5.74, 6) is 0. The molecule has 0 aromatic heterocycles. The Balaban J connectivity index is -0.00000320. The van der Waals surface area contributed by atoms with Crippen molar-refractivity contribution < 1.29 is 34.4 Å². The minimum absolute atomic E-state index is 0. The predicted molar refractivity (Wildman–Crippen MR) is 144 cm³/mol. The summed E-state index contributed by atoms with van der Waals surface area (Å²) < 4.78 is 0.943. The van der Waals surface area contributed by atoms with Gasteiger partial charge in [0.05, 0.1) is 26.7 Å². The first-order chi connectivity index (χ1) is 14.8. The first-order valence-electron chi connectivity index (χ1n) is 13.0. The third kappa shape index (κ3) is 20.2. The van der Waals surface area contributed by atoms with Gasteiger partial charge in [-0.2, -0.15) is 0 Å². The molecular formula is C28H55Cl3N2O. The molecule has 5 N–H and O–H groups in total. The Morgan fingerprint density at radius 2 is 1.26 bits per heavy atom. The second-order valence-electron chi connectivity index (χ2n) is 10.3. The van der Waals surface area contributed by atoms with Gasteiger partial charge in [0.1, 0.15) is 6.54 Å². The lowest BCUT2D eigenvalue weighted by Crippen LogP contribution is -3.00. The van der Waals surface area contributed by atoms with Crippen molar-refractivity contribution in [2.45, 2.75) is 122 Å². The van der Waals surface area contributed by atoms with E-state index in [1.54, 1.807) is 0 Å². The fraction of sp³-hybridized carbons (Fsp3) is 0.786. The first-order valence-corrected chi connectivity index (χ1v) is 13.5. The van der Waals surface area contributed by atoms with Crippen molar-refractivity contribution in [2.24, 2.45) is 0 Å². The summed E-state index contributed by atoms with van der Waals surface area (Å²) in [4.78, 5) is 0. The number of rotatable bonds is 19. The zero-order valence-corrected chi connectivity index (χ0v) is 25.1. The highest BCUT2D eigenvalue weighted by Crippen LogP contribution is 2.20. The third-order valence-electron chi connectivity index (χ3n) is 6.40. The lowest BCUT2D eigenvalue weighted by Gasteiger charge is -2.31. The molecule has 0 saturated heterocycles. The van der Waals surface area contributed by atoms with Crippen LogP contribution in [0.4, 0.5) is 0 Å². The smallest absolute Gasteiger partial charge is 0.104 e. The largest absolute Gasteiger partial charge is 1.00 e. The van der Waals surface area contributed by atoms with Crippen LogP contribution in [0.1, 0.15) is 108 Å². The SMILES string of the molecule is CCCCCCCCCCCCCC(Cl)CC[N+](C)(C)Cc1ccccc1CC(C)O.[Cl-].[Cl-].[NH4+]. The summed E-state index contributed by atoms with van der Waals surface area (Å²) in [6, 6.07) is 8.54. The molecule has 1 aromatic carbocycles. The lowest BCUT2D eigenvalue weighted by molar-refractivity contribution is -0.903. The van der Waals surface area contributed by atoms with Crippen molar-refractivity contribution >= 4 is 11.6 Å². The number of halogens is 3. The maximum absolute atomic E-state index is 9.78. The van der Waals surface area contributed by atoms with Crippen molar-refractivity contribution in [2.75, 3.05) is 20.6 Å². The number of unbranched alkanes of at least 4 members (excludes halogenated alkanes) is 10. The van der Waals surface area contributed by atoms with Crippen LogP contribution in [-0.4, -0.2) is 41.7 Å². The van der Waals surface area contributed by atoms with E-state index in [1.807, 2.05) is 6.92 Å². The van der Waals surface area contributed by atoms with Crippen molar-refractivity contribution in [3.63, 3.8) is 0 Å². The Bertz CT molecular complexity index is 570. The zero-order valence-electron chi connectivity index (χ0n) is 22.8. The fourth-order valence-corrected chi connectivity index (χ4v) is 4.69. The molecule has 2 unspecified atom stereocenters. The van der Waals surface area contributed by atoms with E-state index in [0.717, 1.165) is 36.8 Å². The Morgan fingerprint density at radius 1 is 0.794 bits per heavy atom. The van der Waals surface area contributed by atoms with Crippen LogP contribution in [0, 0.1) is 0 Å². The van der Waals surface area contributed by atoms with Crippen molar-refractivity contribution in [3.05, 3.63) is 35.4 Å². The topological polar surface area (TPSA) is 56.7 Å². The number of nitrogens with zero attached hydrogens (tertiary/aromatic N) is 1. The molecule has 0 amide bonds. The van der Waals surface area contributed by atoms with Gasteiger partial charge in [-0.1, -0.05) is 102 Å². The number of quaternary nitrogens is 2. The van der Waals surface area contributed by atoms with E-state index in [2.05, 4.69) is 45.3 Å². The molecule has 0 aliphatic carbocycles. The number of aliphatic hydroxyl groups excluding tert-OH is 1. The standard InChI is InChI=1S/C28H51ClNO.2ClH.H3N/c1-5-6-7-8-9-10-11-12-13-14-15-20-28(29)21-22-30(3,4)24-27-19-17-16-18-26(27)23-25(2)31;;;/h16-19,25,28,31H,5-15,20-24H2,1-4H3;2*1H;1H3/q+1;;;/p-1. The van der Waals surface area contributed by atoms with Crippen LogP contribution in [0.15, 0.2) is 24.3 Å². The summed E-state index contributed by atoms with van der Waals surface area (Å²) in [6.07, 6.45) is 17.9. The highest BCUT2D eigenvalue weighted by atomic mass is 35.5. The average Bonchev–Trinajstić information content (AvgIpc) is 2.71. The Hall–Kier alpha value is -0.0300. The van der Waals surface area contributed by atoms with Crippen molar-refractivity contribution in [3.8, 4) is 0 Å². The molecule has 3 nitrogen and oxygen atoms in total. The Morgan fingerprint density at radius 3 is 1.76 bits per heavy atom. The molecule has 1 aromatic rings. The molecule has 0 radical (unpaired) electrons. The third-order valence-corrected chi connectivity index (χ3v) is 6.84. The number of hydrogen-bond acceptors (Lipinski definition) is 1. The molecule has 34 heavy (non-hydrogen) atoms. The number of hydrogen-bond donors (Lipinski definition) is 2. The molecule has 0 heterocycles. The summed E-state index contributed by atoms with van der Waals surface area (Å²) in [5, 5.41) is 10.1. The first kappa shape index (κ1) is 38.5. The van der Waals surface area contributed by atoms with Crippen molar-refractivity contribution in [1.82, 2.24) is 6.15 Å². The molecule has 6 heteroatoms. The molecule has 0 bridgehead atoms. The van der Waals surface area contributed by atoms with Gasteiger partial charge in [-0.15, -0.1) is 11.6 Å². The molecular weight excluding hydrogens is 487 g/mol. The van der Waals surface area contributed by atoms with Crippen molar-refractivity contribution in [1.29, 1.82) is 0 Å². The number of aliphatic hydroxyl groups is 1. The van der Waals surface area contributed by atoms with Crippen LogP contribution in [-0.2, 0) is 13.0 Å². The summed E-state index contributed by atoms with van der Waals surface area (Å²) in [5.41, 5.74) is 2.62. The molecule has 204 valence electrons. The minimum Gasteiger partial charge on any atom is -1.00 e. The Kier molecular flexibility index (Phi) is 26.5. The van der Waals surface area contributed by atoms with Gasteiger partial charge in [0.15, 0.2) is 0 Å². The van der Waals surface area contributed by atoms with E-state index in [9.17, 15) is 5.11 Å². The van der Waals surface area contributed by atoms with Crippen LogP contribution in [0.5, 0.6) is 0 Å². The molecule has 0 spiro atoms. The normalized spacial score (nSPS) is 12.8. The molecule has 0 fully saturated rings. The summed E-state index contributed by atoms with van der Waals surface area (Å²) in [6.45, 7) is 6.23. The van der Waals surface area contributed by atoms with Gasteiger partial charge in [-0.05, 0) is 25.3 Å². The van der Waals surface area contributed by atoms with Crippen LogP contribution in [0.3, 0.4) is 0 Å². The quantitative estimate of drug-likeness (QED) is 0.158. The van der Waals surface area contributed by atoms with Gasteiger partial charge < -0.3 is 40.6 Å². The van der Waals surface area contributed by atoms with Crippen LogP contribution >= 0.6 is 11.6 Å². The van der Waals surface area contributed by atoms with Gasteiger partial charge in [0.25, 0.3) is 0 Å². The van der Waals surface area contributed by atoms with Gasteiger partial charge in [-0.3, -0.25) is 0 Å². The number of alkyl halides is 1. The second-order valence-corrected chi connectivity index (χ2v) is 11.0. The summed E-state index contributed by atoms with van der Waals surface area (Å²) in [7, 11) is 4.59. The van der Waals surface area contributed by atoms with Crippen LogP contribution in [0.25, 0.3) is 0 Å². The number of benzene rings is 1. The van der Waals surface area contributed by atoms with Crippen LogP contribution < -0.4 is 31.0 Å². The molecule has 0 saturated carbocycles. The van der Waals surface area contributed by atoms with E-state index in [0.29, 0.717) is 5.38 Å². The van der Waals surface area contributed by atoms with E-state index in [4.69, 9.17) is 11.6 Å². The second kappa shape index (κ2) is 23.4. The highest BCUT2D eigenvalue weighted by molar-refractivity contribution is 6.20. The molecule has 2 atom stereocenters. The summed E-state index contributed by atoms with van der Waals surface area (Å²) >= 11 is 6.67. The van der Waals surface area contributed by atoms with E-state index in [1.165, 1.54) is 81.8 Å². The average molecular weight is 542 g/mol. The Labute approximate surface area is 229 Å². The fourth-order valence-electron chi connectivity index (χ4n) is 4.43. The van der Waals surface area contributed by atoms with E-state index in [-0.39, 0.29) is 37.1 Å². The van der Waals surface area contributed by atoms with E-state index >= 15 is 0 Å². The maximum Gasteiger partial charge on any atom is 0.104 e. The van der Waals surface area contributed by atoms with E-state index < -0.39 is 0 Å². The molecule has 1 rings (SSSR count). The molecule has 0 aliphatic rings. The van der Waals surface area contributed by atoms with Gasteiger partial charge in [0.2, 0.25) is 0 Å². The van der Waals surface area contributed by atoms with Gasteiger partial charge in [0, 0.05) is 17.4 Å². The zero-order chi connectivity index (χ0) is 23.0. The maximum atomic E-state index is 9.78. The predicted octanol–water partition coefficient (Wildman–Crippen LogP) is 2.27. The monoisotopic (exact) mass is 540 g/mol. The minimum atomic E-state index is -0.297. The lowest BCUT2D eigenvalue weighted by atomic mass is 10.0. The van der Waals surface area contributed by atoms with Gasteiger partial charge >= 0.3 is 0 Å². The highest BCUT2D eigenvalue weighted by Gasteiger charge is 2.20.